The van der Waals surface area contributed by atoms with E-state index in [4.69, 9.17) is 4.74 Å². The third-order valence-electron chi connectivity index (χ3n) is 5.09. The average molecular weight is 383 g/mol. The van der Waals surface area contributed by atoms with Gasteiger partial charge in [-0.2, -0.15) is 0 Å². The van der Waals surface area contributed by atoms with Crippen LogP contribution in [-0.2, 0) is 4.74 Å². The molecule has 5 aromatic rings. The maximum absolute atomic E-state index is 13.2. The number of rotatable bonds is 3. The molecule has 2 heterocycles. The molecule has 1 N–H and O–H groups in total. The van der Waals surface area contributed by atoms with Crippen molar-refractivity contribution >= 4 is 44.7 Å². The van der Waals surface area contributed by atoms with Crippen LogP contribution in [0.3, 0.4) is 0 Å². The van der Waals surface area contributed by atoms with Crippen molar-refractivity contribution in [1.82, 2.24) is 14.5 Å². The Kier molecular flexibility index (Phi) is 3.91. The van der Waals surface area contributed by atoms with Gasteiger partial charge in [0.1, 0.15) is 0 Å². The highest BCUT2D eigenvalue weighted by molar-refractivity contribution is 6.14. The van der Waals surface area contributed by atoms with Gasteiger partial charge in [-0.1, -0.05) is 36.4 Å². The minimum Gasteiger partial charge on any atom is -0.449 e. The van der Waals surface area contributed by atoms with Crippen LogP contribution in [0.5, 0.6) is 0 Å². The first-order valence-electron chi connectivity index (χ1n) is 9.30. The van der Waals surface area contributed by atoms with Gasteiger partial charge in [0.2, 0.25) is 0 Å². The Bertz CT molecular complexity index is 1340. The van der Waals surface area contributed by atoms with Crippen molar-refractivity contribution in [3.63, 3.8) is 0 Å². The van der Waals surface area contributed by atoms with Crippen molar-refractivity contribution in [3.8, 4) is 0 Å². The van der Waals surface area contributed by atoms with Crippen LogP contribution >= 0.6 is 0 Å². The Hall–Kier alpha value is -3.93. The van der Waals surface area contributed by atoms with Gasteiger partial charge in [0.15, 0.2) is 6.10 Å². The standard InChI is InChI=1S/C23H17N3O3/c1-14(29-23(28)15-10-11-18-19(12-15)25-13-24-18)22(27)26-20-8-4-2-6-16(20)17-7-3-5-9-21(17)26/h2-14H,1H3,(H,24,25). The fraction of sp³-hybridized carbons (Fsp3) is 0.0870. The van der Waals surface area contributed by atoms with Crippen LogP contribution in [0.2, 0.25) is 0 Å². The Labute approximate surface area is 165 Å². The van der Waals surface area contributed by atoms with E-state index < -0.39 is 12.1 Å². The van der Waals surface area contributed by atoms with E-state index >= 15 is 0 Å². The molecule has 142 valence electrons. The van der Waals surface area contributed by atoms with Crippen molar-refractivity contribution < 1.29 is 14.3 Å². The molecule has 1 atom stereocenters. The highest BCUT2D eigenvalue weighted by atomic mass is 16.5. The number of nitrogens with zero attached hydrogens (tertiary/aromatic N) is 2. The van der Waals surface area contributed by atoms with Crippen LogP contribution < -0.4 is 0 Å². The number of esters is 1. The summed E-state index contributed by atoms with van der Waals surface area (Å²) in [5, 5.41) is 1.97. The number of aromatic nitrogens is 3. The van der Waals surface area contributed by atoms with Crippen LogP contribution in [0.4, 0.5) is 0 Å². The zero-order valence-electron chi connectivity index (χ0n) is 15.6. The minimum absolute atomic E-state index is 0.293. The van der Waals surface area contributed by atoms with Gasteiger partial charge >= 0.3 is 5.97 Å². The second-order valence-corrected chi connectivity index (χ2v) is 6.89. The maximum Gasteiger partial charge on any atom is 0.338 e. The molecule has 2 aromatic heterocycles. The number of aromatic amines is 1. The molecule has 6 heteroatoms. The third-order valence-corrected chi connectivity index (χ3v) is 5.09. The molecule has 0 bridgehead atoms. The number of hydrogen-bond acceptors (Lipinski definition) is 4. The number of benzene rings is 3. The first-order valence-corrected chi connectivity index (χ1v) is 9.30. The molecule has 0 fully saturated rings. The predicted octanol–water partition coefficient (Wildman–Crippen LogP) is 4.56. The van der Waals surface area contributed by atoms with Crippen LogP contribution in [0.15, 0.2) is 73.1 Å². The molecule has 0 aliphatic heterocycles. The topological polar surface area (TPSA) is 77.0 Å². The number of fused-ring (bicyclic) bond motifs is 4. The summed E-state index contributed by atoms with van der Waals surface area (Å²) >= 11 is 0. The molecule has 0 aliphatic rings. The monoisotopic (exact) mass is 383 g/mol. The van der Waals surface area contributed by atoms with Crippen molar-refractivity contribution in [3.05, 3.63) is 78.6 Å². The van der Waals surface area contributed by atoms with E-state index in [1.807, 2.05) is 48.5 Å². The van der Waals surface area contributed by atoms with Gasteiger partial charge in [-0.3, -0.25) is 9.36 Å². The summed E-state index contributed by atoms with van der Waals surface area (Å²) in [7, 11) is 0. The zero-order chi connectivity index (χ0) is 20.0. The second-order valence-electron chi connectivity index (χ2n) is 6.89. The summed E-state index contributed by atoms with van der Waals surface area (Å²) in [6, 6.07) is 20.5. The smallest absolute Gasteiger partial charge is 0.338 e. The molecule has 1 unspecified atom stereocenters. The van der Waals surface area contributed by atoms with Crippen LogP contribution in [0, 0.1) is 0 Å². The SMILES string of the molecule is CC(OC(=O)c1ccc2nc[nH]c2c1)C(=O)n1c2ccccc2c2ccccc21. The van der Waals surface area contributed by atoms with Crippen LogP contribution in [0.25, 0.3) is 32.8 Å². The fourth-order valence-corrected chi connectivity index (χ4v) is 3.68. The number of nitrogens with one attached hydrogen (secondary N) is 1. The number of carbonyl (C=O) groups excluding carboxylic acids is 2. The molecular weight excluding hydrogens is 366 g/mol. The summed E-state index contributed by atoms with van der Waals surface area (Å²) in [6.07, 6.45) is 0.618. The molecule has 0 aliphatic carbocycles. The van der Waals surface area contributed by atoms with E-state index in [0.717, 1.165) is 32.8 Å². The van der Waals surface area contributed by atoms with Gasteiger partial charge < -0.3 is 9.72 Å². The molecule has 0 spiro atoms. The van der Waals surface area contributed by atoms with E-state index in [9.17, 15) is 9.59 Å². The minimum atomic E-state index is -0.945. The Morgan fingerprint density at radius 3 is 2.31 bits per heavy atom. The van der Waals surface area contributed by atoms with Gasteiger partial charge in [0, 0.05) is 10.8 Å². The second kappa shape index (κ2) is 6.60. The lowest BCUT2D eigenvalue weighted by atomic mass is 10.2. The van der Waals surface area contributed by atoms with Gasteiger partial charge in [0.25, 0.3) is 5.91 Å². The summed E-state index contributed by atoms with van der Waals surface area (Å²) in [6.45, 7) is 1.60. The van der Waals surface area contributed by atoms with E-state index in [-0.39, 0.29) is 5.91 Å². The Morgan fingerprint density at radius 1 is 0.966 bits per heavy atom. The molecule has 0 saturated heterocycles. The van der Waals surface area contributed by atoms with E-state index in [1.54, 1.807) is 36.0 Å². The fourth-order valence-electron chi connectivity index (χ4n) is 3.68. The Morgan fingerprint density at radius 2 is 1.62 bits per heavy atom. The van der Waals surface area contributed by atoms with Gasteiger partial charge in [-0.05, 0) is 37.3 Å². The lowest BCUT2D eigenvalue weighted by Crippen LogP contribution is -2.29. The lowest BCUT2D eigenvalue weighted by Gasteiger charge is -2.14. The number of imidazole rings is 1. The maximum atomic E-state index is 13.2. The predicted molar refractivity (Wildman–Crippen MR) is 111 cm³/mol. The van der Waals surface area contributed by atoms with Gasteiger partial charge in [-0.15, -0.1) is 0 Å². The van der Waals surface area contributed by atoms with Crippen molar-refractivity contribution in [2.75, 3.05) is 0 Å². The zero-order valence-corrected chi connectivity index (χ0v) is 15.6. The summed E-state index contributed by atoms with van der Waals surface area (Å²) in [5.41, 5.74) is 3.45. The summed E-state index contributed by atoms with van der Waals surface area (Å²) < 4.78 is 7.13. The molecular formula is C23H17N3O3. The quantitative estimate of drug-likeness (QED) is 0.464. The molecule has 5 rings (SSSR count). The molecule has 3 aromatic carbocycles. The highest BCUT2D eigenvalue weighted by Crippen LogP contribution is 2.29. The first-order chi connectivity index (χ1) is 14.1. The third kappa shape index (κ3) is 2.77. The first kappa shape index (κ1) is 17.2. The average Bonchev–Trinajstić information content (AvgIpc) is 3.35. The number of ether oxygens (including phenoxy) is 1. The molecule has 0 saturated carbocycles. The molecule has 0 radical (unpaired) electrons. The van der Waals surface area contributed by atoms with E-state index in [0.29, 0.717) is 5.56 Å². The number of H-pyrrole nitrogens is 1. The normalized spacial score (nSPS) is 12.4. The highest BCUT2D eigenvalue weighted by Gasteiger charge is 2.24. The summed E-state index contributed by atoms with van der Waals surface area (Å²) in [4.78, 5) is 32.9. The van der Waals surface area contributed by atoms with Gasteiger partial charge in [0.05, 0.1) is 34.0 Å². The van der Waals surface area contributed by atoms with Crippen molar-refractivity contribution in [2.24, 2.45) is 0 Å². The molecule has 6 nitrogen and oxygen atoms in total. The molecule has 29 heavy (non-hydrogen) atoms. The van der Waals surface area contributed by atoms with Crippen molar-refractivity contribution in [1.29, 1.82) is 0 Å². The van der Waals surface area contributed by atoms with E-state index in [1.165, 1.54) is 0 Å². The Balaban J connectivity index is 1.49. The van der Waals surface area contributed by atoms with E-state index in [2.05, 4.69) is 9.97 Å². The summed E-state index contributed by atoms with van der Waals surface area (Å²) in [5.74, 6) is -0.846. The number of hydrogen-bond donors (Lipinski definition) is 1. The number of para-hydroxylation sites is 2. The largest absolute Gasteiger partial charge is 0.449 e. The van der Waals surface area contributed by atoms with Crippen LogP contribution in [-0.4, -0.2) is 32.5 Å². The van der Waals surface area contributed by atoms with Crippen LogP contribution in [0.1, 0.15) is 22.1 Å². The number of carbonyl (C=O) groups is 2. The molecule has 0 amide bonds. The van der Waals surface area contributed by atoms with Gasteiger partial charge in [-0.25, -0.2) is 9.78 Å². The van der Waals surface area contributed by atoms with Crippen molar-refractivity contribution in [2.45, 2.75) is 13.0 Å². The lowest BCUT2D eigenvalue weighted by molar-refractivity contribution is 0.0288.